The van der Waals surface area contributed by atoms with Crippen LogP contribution >= 0.6 is 0 Å². The monoisotopic (exact) mass is 184 g/mol. The molecule has 0 aliphatic carbocycles. The summed E-state index contributed by atoms with van der Waals surface area (Å²) in [6.07, 6.45) is 2.67. The minimum Gasteiger partial charge on any atom is -0.382 e. The predicted octanol–water partition coefficient (Wildman–Crippen LogP) is 1.22. The zero-order valence-corrected chi connectivity index (χ0v) is 7.50. The summed E-state index contributed by atoms with van der Waals surface area (Å²) >= 11 is 0. The van der Waals surface area contributed by atoms with Gasteiger partial charge in [0, 0.05) is 6.54 Å². The Hall–Kier alpha value is -1.39. The van der Waals surface area contributed by atoms with E-state index >= 15 is 0 Å². The first kappa shape index (κ1) is 9.70. The van der Waals surface area contributed by atoms with Gasteiger partial charge in [-0.05, 0) is 13.3 Å². The van der Waals surface area contributed by atoms with Gasteiger partial charge in [-0.2, -0.15) is 0 Å². The summed E-state index contributed by atoms with van der Waals surface area (Å²) in [6, 6.07) is 0. The van der Waals surface area contributed by atoms with Crippen molar-refractivity contribution in [3.63, 3.8) is 0 Å². The summed E-state index contributed by atoms with van der Waals surface area (Å²) in [5, 5.41) is 2.92. The molecule has 0 amide bonds. The van der Waals surface area contributed by atoms with Gasteiger partial charge in [-0.3, -0.25) is 4.98 Å². The fraction of sp³-hybridized carbons (Fsp3) is 0.500. The summed E-state index contributed by atoms with van der Waals surface area (Å²) in [5.74, 6) is 0.943. The lowest BCUT2D eigenvalue weighted by molar-refractivity contribution is 0.348. The van der Waals surface area contributed by atoms with Gasteiger partial charge in [0.2, 0.25) is 0 Å². The van der Waals surface area contributed by atoms with Crippen molar-refractivity contribution in [1.29, 1.82) is 0 Å². The van der Waals surface area contributed by atoms with Crippen molar-refractivity contribution in [3.05, 3.63) is 12.4 Å². The van der Waals surface area contributed by atoms with Gasteiger partial charge in [0.05, 0.1) is 18.6 Å². The van der Waals surface area contributed by atoms with Crippen LogP contribution in [0.5, 0.6) is 0 Å². The SMILES string of the molecule is CC(F)CCNc1cncc(N)n1. The highest BCUT2D eigenvalue weighted by Crippen LogP contribution is 2.03. The molecule has 0 spiro atoms. The average Bonchev–Trinajstić information content (AvgIpc) is 2.03. The Kier molecular flexibility index (Phi) is 3.42. The van der Waals surface area contributed by atoms with E-state index in [9.17, 15) is 4.39 Å². The normalized spacial score (nSPS) is 12.5. The van der Waals surface area contributed by atoms with Crippen LogP contribution in [0, 0.1) is 0 Å². The van der Waals surface area contributed by atoms with Gasteiger partial charge in [0.1, 0.15) is 11.6 Å². The first-order valence-electron chi connectivity index (χ1n) is 4.14. The zero-order valence-electron chi connectivity index (χ0n) is 7.50. The molecule has 0 saturated carbocycles. The van der Waals surface area contributed by atoms with Crippen LogP contribution < -0.4 is 11.1 Å². The maximum absolute atomic E-state index is 12.4. The molecule has 3 N–H and O–H groups in total. The number of aromatic nitrogens is 2. The molecule has 72 valence electrons. The third kappa shape index (κ3) is 3.68. The number of nitrogen functional groups attached to an aromatic ring is 1. The molecule has 0 aromatic carbocycles. The number of hydrogen-bond donors (Lipinski definition) is 2. The number of hydrogen-bond acceptors (Lipinski definition) is 4. The molecule has 1 atom stereocenters. The quantitative estimate of drug-likeness (QED) is 0.738. The summed E-state index contributed by atoms with van der Waals surface area (Å²) < 4.78 is 12.4. The number of nitrogens with two attached hydrogens (primary N) is 1. The maximum atomic E-state index is 12.4. The minimum atomic E-state index is -0.804. The van der Waals surface area contributed by atoms with Crippen molar-refractivity contribution in [2.24, 2.45) is 0 Å². The van der Waals surface area contributed by atoms with E-state index in [0.29, 0.717) is 24.6 Å². The van der Waals surface area contributed by atoms with E-state index in [0.717, 1.165) is 0 Å². The Labute approximate surface area is 76.4 Å². The number of nitrogens with one attached hydrogen (secondary N) is 1. The maximum Gasteiger partial charge on any atom is 0.146 e. The van der Waals surface area contributed by atoms with E-state index in [-0.39, 0.29) is 0 Å². The Balaban J connectivity index is 2.37. The van der Waals surface area contributed by atoms with E-state index in [4.69, 9.17) is 5.73 Å². The number of rotatable bonds is 4. The summed E-state index contributed by atoms with van der Waals surface area (Å²) in [4.78, 5) is 7.79. The second-order valence-electron chi connectivity index (χ2n) is 2.83. The van der Waals surface area contributed by atoms with Crippen LogP contribution in [0.15, 0.2) is 12.4 Å². The fourth-order valence-corrected chi connectivity index (χ4v) is 0.865. The van der Waals surface area contributed by atoms with Crippen molar-refractivity contribution in [2.45, 2.75) is 19.5 Å². The van der Waals surface area contributed by atoms with Crippen LogP contribution in [0.1, 0.15) is 13.3 Å². The van der Waals surface area contributed by atoms with Crippen molar-refractivity contribution in [1.82, 2.24) is 9.97 Å². The molecule has 0 fully saturated rings. The second-order valence-corrected chi connectivity index (χ2v) is 2.83. The molecule has 13 heavy (non-hydrogen) atoms. The van der Waals surface area contributed by atoms with Gasteiger partial charge < -0.3 is 11.1 Å². The molecule has 1 aromatic heterocycles. The summed E-state index contributed by atoms with van der Waals surface area (Å²) in [5.41, 5.74) is 5.40. The van der Waals surface area contributed by atoms with Crippen molar-refractivity contribution in [3.8, 4) is 0 Å². The van der Waals surface area contributed by atoms with E-state index in [2.05, 4.69) is 15.3 Å². The van der Waals surface area contributed by atoms with E-state index in [1.807, 2.05) is 0 Å². The largest absolute Gasteiger partial charge is 0.382 e. The fourth-order valence-electron chi connectivity index (χ4n) is 0.865. The Morgan fingerprint density at radius 1 is 1.62 bits per heavy atom. The summed E-state index contributed by atoms with van der Waals surface area (Å²) in [7, 11) is 0. The van der Waals surface area contributed by atoms with Crippen molar-refractivity contribution in [2.75, 3.05) is 17.6 Å². The van der Waals surface area contributed by atoms with Gasteiger partial charge in [-0.15, -0.1) is 0 Å². The van der Waals surface area contributed by atoms with Crippen LogP contribution in [0.3, 0.4) is 0 Å². The highest BCUT2D eigenvalue weighted by atomic mass is 19.1. The molecule has 0 radical (unpaired) electrons. The third-order valence-electron chi connectivity index (χ3n) is 1.50. The number of halogens is 1. The Bertz CT molecular complexity index is 264. The van der Waals surface area contributed by atoms with Gasteiger partial charge in [0.15, 0.2) is 0 Å². The lowest BCUT2D eigenvalue weighted by atomic mass is 10.3. The number of anilines is 2. The minimum absolute atomic E-state index is 0.360. The molecule has 0 aliphatic heterocycles. The molecular weight excluding hydrogens is 171 g/mol. The first-order chi connectivity index (χ1) is 6.18. The van der Waals surface area contributed by atoms with E-state index in [1.165, 1.54) is 13.1 Å². The van der Waals surface area contributed by atoms with Gasteiger partial charge >= 0.3 is 0 Å². The number of alkyl halides is 1. The third-order valence-corrected chi connectivity index (χ3v) is 1.50. The van der Waals surface area contributed by atoms with Crippen LogP contribution in [0.4, 0.5) is 16.0 Å². The zero-order chi connectivity index (χ0) is 9.68. The topological polar surface area (TPSA) is 63.8 Å². The average molecular weight is 184 g/mol. The molecule has 1 aromatic rings. The highest BCUT2D eigenvalue weighted by Gasteiger charge is 1.98. The van der Waals surface area contributed by atoms with Gasteiger partial charge in [0.25, 0.3) is 0 Å². The van der Waals surface area contributed by atoms with E-state index in [1.54, 1.807) is 6.20 Å². The Morgan fingerprint density at radius 2 is 2.38 bits per heavy atom. The first-order valence-corrected chi connectivity index (χ1v) is 4.14. The standard InChI is InChI=1S/C8H13FN4/c1-6(9)2-3-12-8-5-11-4-7(10)13-8/h4-6H,2-3H2,1H3,(H3,10,12,13). The molecule has 0 aliphatic rings. The van der Waals surface area contributed by atoms with E-state index < -0.39 is 6.17 Å². The lowest BCUT2D eigenvalue weighted by Gasteiger charge is -2.05. The lowest BCUT2D eigenvalue weighted by Crippen LogP contribution is -2.08. The molecular formula is C8H13FN4. The molecule has 4 nitrogen and oxygen atoms in total. The highest BCUT2D eigenvalue weighted by molar-refractivity contribution is 5.38. The molecule has 1 heterocycles. The Morgan fingerprint density at radius 3 is 3.00 bits per heavy atom. The molecule has 1 rings (SSSR count). The predicted molar refractivity (Wildman–Crippen MR) is 50.1 cm³/mol. The summed E-state index contributed by atoms with van der Waals surface area (Å²) in [6.45, 7) is 2.06. The number of nitrogens with zero attached hydrogens (tertiary/aromatic N) is 2. The van der Waals surface area contributed by atoms with Crippen LogP contribution in [-0.2, 0) is 0 Å². The molecule has 0 bridgehead atoms. The van der Waals surface area contributed by atoms with Crippen LogP contribution in [-0.4, -0.2) is 22.7 Å². The van der Waals surface area contributed by atoms with Crippen LogP contribution in [0.25, 0.3) is 0 Å². The molecule has 0 saturated heterocycles. The van der Waals surface area contributed by atoms with Gasteiger partial charge in [-0.25, -0.2) is 9.37 Å². The van der Waals surface area contributed by atoms with Crippen molar-refractivity contribution >= 4 is 11.6 Å². The van der Waals surface area contributed by atoms with Crippen LogP contribution in [0.2, 0.25) is 0 Å². The van der Waals surface area contributed by atoms with Crippen molar-refractivity contribution < 1.29 is 4.39 Å². The molecule has 1 unspecified atom stereocenters. The smallest absolute Gasteiger partial charge is 0.146 e. The van der Waals surface area contributed by atoms with Gasteiger partial charge in [-0.1, -0.05) is 0 Å². The molecule has 5 heteroatoms. The second kappa shape index (κ2) is 4.59.